The maximum Gasteiger partial charge on any atom is 0.360 e. The first-order valence-electron chi connectivity index (χ1n) is 6.01. The molecule has 0 spiro atoms. The molecule has 3 aromatic rings. The minimum absolute atomic E-state index is 0.0270. The van der Waals surface area contributed by atoms with Crippen molar-refractivity contribution in [3.05, 3.63) is 54.4 Å². The first-order chi connectivity index (χ1) is 10.2. The lowest BCUT2D eigenvalue weighted by Crippen LogP contribution is -2.03. The van der Waals surface area contributed by atoms with Gasteiger partial charge < -0.3 is 14.4 Å². The van der Waals surface area contributed by atoms with Gasteiger partial charge in [0.15, 0.2) is 18.7 Å². The highest BCUT2D eigenvalue weighted by Gasteiger charge is 2.18. The second-order valence-electron chi connectivity index (χ2n) is 4.05. The number of nitrogens with zero attached hydrogens (tertiary/aromatic N) is 4. The van der Waals surface area contributed by atoms with Crippen LogP contribution in [-0.2, 0) is 6.61 Å². The normalized spacial score (nSPS) is 10.5. The van der Waals surface area contributed by atoms with Gasteiger partial charge in [0.1, 0.15) is 0 Å². The van der Waals surface area contributed by atoms with E-state index in [-0.39, 0.29) is 23.9 Å². The highest BCUT2D eigenvalue weighted by Crippen LogP contribution is 2.20. The van der Waals surface area contributed by atoms with Crippen LogP contribution in [-0.4, -0.2) is 31.0 Å². The van der Waals surface area contributed by atoms with Crippen LogP contribution in [0.1, 0.15) is 16.4 Å². The Bertz CT molecular complexity index is 737. The van der Waals surface area contributed by atoms with Gasteiger partial charge in [-0.15, -0.1) is 0 Å². The summed E-state index contributed by atoms with van der Waals surface area (Å²) >= 11 is 0. The first-order valence-corrected chi connectivity index (χ1v) is 6.01. The molecule has 0 radical (unpaired) electrons. The summed E-state index contributed by atoms with van der Waals surface area (Å²) in [6.07, 6.45) is 2.74. The number of carboxylic acids is 1. The molecule has 0 saturated carbocycles. The molecular formula is C13H10N4O4. The van der Waals surface area contributed by atoms with Gasteiger partial charge in [-0.1, -0.05) is 23.4 Å². The number of aromatic carboxylic acids is 1. The third-order valence-corrected chi connectivity index (χ3v) is 2.66. The van der Waals surface area contributed by atoms with Gasteiger partial charge >= 0.3 is 5.97 Å². The Morgan fingerprint density at radius 2 is 2.14 bits per heavy atom. The SMILES string of the molecule is O=C(O)c1nn(-c2ccccc2)cc1OCc1ncno1. The summed E-state index contributed by atoms with van der Waals surface area (Å²) in [5.74, 6) is -0.798. The van der Waals surface area contributed by atoms with Crippen LogP contribution in [0.4, 0.5) is 0 Å². The molecule has 1 aromatic carbocycles. The standard InChI is InChI=1S/C13H10N4O4/c18-13(19)12-10(20-7-11-14-8-15-21-11)6-17(16-12)9-4-2-1-3-5-9/h1-6,8H,7H2,(H,18,19). The molecule has 3 rings (SSSR count). The maximum atomic E-state index is 11.2. The molecule has 8 nitrogen and oxygen atoms in total. The van der Waals surface area contributed by atoms with Gasteiger partial charge in [0, 0.05) is 0 Å². The number of ether oxygens (including phenoxy) is 1. The Kier molecular flexibility index (Phi) is 3.34. The quantitative estimate of drug-likeness (QED) is 0.758. The van der Waals surface area contributed by atoms with Gasteiger partial charge in [-0.25, -0.2) is 9.48 Å². The van der Waals surface area contributed by atoms with E-state index >= 15 is 0 Å². The van der Waals surface area contributed by atoms with Crippen LogP contribution in [0.15, 0.2) is 47.4 Å². The van der Waals surface area contributed by atoms with E-state index in [1.165, 1.54) is 17.2 Å². The van der Waals surface area contributed by atoms with Crippen molar-refractivity contribution in [2.45, 2.75) is 6.61 Å². The van der Waals surface area contributed by atoms with Crippen molar-refractivity contribution < 1.29 is 19.2 Å². The predicted octanol–water partition coefficient (Wildman–Crippen LogP) is 1.53. The monoisotopic (exact) mass is 286 g/mol. The molecule has 0 amide bonds. The van der Waals surface area contributed by atoms with Crippen molar-refractivity contribution in [3.63, 3.8) is 0 Å². The highest BCUT2D eigenvalue weighted by atomic mass is 16.5. The first kappa shape index (κ1) is 12.9. The molecule has 2 aromatic heterocycles. The van der Waals surface area contributed by atoms with Crippen LogP contribution >= 0.6 is 0 Å². The number of hydrogen-bond donors (Lipinski definition) is 1. The molecule has 0 aliphatic heterocycles. The molecule has 0 aliphatic rings. The van der Waals surface area contributed by atoms with E-state index in [0.29, 0.717) is 0 Å². The summed E-state index contributed by atoms with van der Waals surface area (Å²) < 4.78 is 11.6. The Labute approximate surface area is 118 Å². The van der Waals surface area contributed by atoms with Crippen LogP contribution in [0.2, 0.25) is 0 Å². The number of benzene rings is 1. The second kappa shape index (κ2) is 5.45. The summed E-state index contributed by atoms with van der Waals surface area (Å²) in [5, 5.41) is 16.6. The number of hydrogen-bond acceptors (Lipinski definition) is 6. The second-order valence-corrected chi connectivity index (χ2v) is 4.05. The summed E-state index contributed by atoms with van der Waals surface area (Å²) in [7, 11) is 0. The Morgan fingerprint density at radius 3 is 2.81 bits per heavy atom. The number of para-hydroxylation sites is 1. The minimum atomic E-state index is -1.18. The minimum Gasteiger partial charge on any atom is -0.479 e. The van der Waals surface area contributed by atoms with Crippen molar-refractivity contribution in [3.8, 4) is 11.4 Å². The van der Waals surface area contributed by atoms with E-state index in [2.05, 4.69) is 15.2 Å². The highest BCUT2D eigenvalue weighted by molar-refractivity contribution is 5.88. The molecule has 0 atom stereocenters. The molecule has 0 bridgehead atoms. The van der Waals surface area contributed by atoms with Gasteiger partial charge in [0.25, 0.3) is 5.89 Å². The summed E-state index contributed by atoms with van der Waals surface area (Å²) in [6.45, 7) is -0.0270. The number of aromatic nitrogens is 4. The fraction of sp³-hybridized carbons (Fsp3) is 0.0769. The van der Waals surface area contributed by atoms with Gasteiger partial charge in [0.05, 0.1) is 11.9 Å². The number of carboxylic acid groups (broad SMARTS) is 1. The molecule has 106 valence electrons. The van der Waals surface area contributed by atoms with Crippen LogP contribution in [0.25, 0.3) is 5.69 Å². The lowest BCUT2D eigenvalue weighted by molar-refractivity contribution is 0.0684. The number of rotatable bonds is 5. The third kappa shape index (κ3) is 2.73. The molecule has 2 heterocycles. The molecule has 0 aliphatic carbocycles. The Morgan fingerprint density at radius 1 is 1.33 bits per heavy atom. The zero-order chi connectivity index (χ0) is 14.7. The average molecular weight is 286 g/mol. The van der Waals surface area contributed by atoms with Crippen LogP contribution in [0.3, 0.4) is 0 Å². The van der Waals surface area contributed by atoms with Gasteiger partial charge in [-0.2, -0.15) is 10.1 Å². The van der Waals surface area contributed by atoms with Crippen molar-refractivity contribution >= 4 is 5.97 Å². The zero-order valence-corrected chi connectivity index (χ0v) is 10.7. The number of carbonyl (C=O) groups is 1. The van der Waals surface area contributed by atoms with Gasteiger partial charge in [0.2, 0.25) is 5.69 Å². The van der Waals surface area contributed by atoms with Crippen LogP contribution in [0.5, 0.6) is 5.75 Å². The van der Waals surface area contributed by atoms with Crippen molar-refractivity contribution in [1.29, 1.82) is 0 Å². The zero-order valence-electron chi connectivity index (χ0n) is 10.7. The lowest BCUT2D eigenvalue weighted by Gasteiger charge is -2.00. The van der Waals surface area contributed by atoms with E-state index in [1.54, 1.807) is 12.1 Å². The Balaban J connectivity index is 1.88. The fourth-order valence-electron chi connectivity index (χ4n) is 1.72. The third-order valence-electron chi connectivity index (χ3n) is 2.66. The van der Waals surface area contributed by atoms with Gasteiger partial charge in [-0.3, -0.25) is 0 Å². The van der Waals surface area contributed by atoms with Crippen molar-refractivity contribution in [2.75, 3.05) is 0 Å². The van der Waals surface area contributed by atoms with E-state index in [4.69, 9.17) is 9.26 Å². The molecule has 8 heteroatoms. The van der Waals surface area contributed by atoms with E-state index in [1.807, 2.05) is 18.2 Å². The summed E-state index contributed by atoms with van der Waals surface area (Å²) in [5.41, 5.74) is 0.547. The van der Waals surface area contributed by atoms with E-state index < -0.39 is 5.97 Å². The molecular weight excluding hydrogens is 276 g/mol. The molecule has 0 saturated heterocycles. The lowest BCUT2D eigenvalue weighted by atomic mass is 10.3. The topological polar surface area (TPSA) is 103 Å². The van der Waals surface area contributed by atoms with E-state index in [0.717, 1.165) is 5.69 Å². The maximum absolute atomic E-state index is 11.2. The van der Waals surface area contributed by atoms with Crippen molar-refractivity contribution in [2.24, 2.45) is 0 Å². The average Bonchev–Trinajstić information content (AvgIpc) is 3.15. The van der Waals surface area contributed by atoms with Crippen LogP contribution in [0, 0.1) is 0 Å². The largest absolute Gasteiger partial charge is 0.479 e. The predicted molar refractivity (Wildman–Crippen MR) is 69.2 cm³/mol. The summed E-state index contributed by atoms with van der Waals surface area (Å²) in [6, 6.07) is 9.13. The molecule has 0 unspecified atom stereocenters. The molecule has 0 fully saturated rings. The van der Waals surface area contributed by atoms with Crippen molar-refractivity contribution in [1.82, 2.24) is 19.9 Å². The smallest absolute Gasteiger partial charge is 0.360 e. The molecule has 21 heavy (non-hydrogen) atoms. The summed E-state index contributed by atoms with van der Waals surface area (Å²) in [4.78, 5) is 15.0. The van der Waals surface area contributed by atoms with Crippen LogP contribution < -0.4 is 4.74 Å². The van der Waals surface area contributed by atoms with Gasteiger partial charge in [-0.05, 0) is 12.1 Å². The molecule has 1 N–H and O–H groups in total. The van der Waals surface area contributed by atoms with E-state index in [9.17, 15) is 9.90 Å². The fourth-order valence-corrected chi connectivity index (χ4v) is 1.72. The Hall–Kier alpha value is -3.16.